The Labute approximate surface area is 174 Å². The van der Waals surface area contributed by atoms with E-state index < -0.39 is 0 Å². The molecule has 0 saturated carbocycles. The number of rotatable bonds is 6. The molecule has 8 nitrogen and oxygen atoms in total. The summed E-state index contributed by atoms with van der Waals surface area (Å²) in [7, 11) is 3.28. The topological polar surface area (TPSA) is 89.8 Å². The third kappa shape index (κ3) is 3.94. The van der Waals surface area contributed by atoms with Crippen molar-refractivity contribution < 1.29 is 14.4 Å². The molecule has 3 aromatic rings. The van der Waals surface area contributed by atoms with Gasteiger partial charge in [0, 0.05) is 55.3 Å². The van der Waals surface area contributed by atoms with Crippen LogP contribution in [0, 0.1) is 10.1 Å². The number of anilines is 2. The van der Waals surface area contributed by atoms with Crippen LogP contribution in [-0.4, -0.2) is 43.3 Å². The number of aromatic nitrogens is 1. The molecule has 0 amide bonds. The largest absolute Gasteiger partial charge is 0.497 e. The molecule has 2 aromatic carbocycles. The number of nitro benzene ring substituents is 1. The van der Waals surface area contributed by atoms with Crippen LogP contribution in [0.3, 0.4) is 0 Å². The maximum Gasteiger partial charge on any atom is 0.278 e. The van der Waals surface area contributed by atoms with E-state index in [1.165, 1.54) is 0 Å². The van der Waals surface area contributed by atoms with Gasteiger partial charge in [-0.2, -0.15) is 0 Å². The summed E-state index contributed by atoms with van der Waals surface area (Å²) in [5.74, 6) is 1.50. The summed E-state index contributed by atoms with van der Waals surface area (Å²) in [5, 5.41) is 15.5. The number of nitrogens with zero attached hydrogens (tertiary/aromatic N) is 3. The molecule has 0 atom stereocenters. The molecule has 1 aliphatic heterocycles. The molecule has 0 aliphatic carbocycles. The zero-order valence-corrected chi connectivity index (χ0v) is 17.0. The lowest BCUT2D eigenvalue weighted by atomic mass is 10.0. The monoisotopic (exact) mass is 408 g/mol. The van der Waals surface area contributed by atoms with E-state index in [9.17, 15) is 10.1 Å². The highest BCUT2D eigenvalue weighted by molar-refractivity contribution is 5.97. The Kier molecular flexibility index (Phi) is 5.56. The van der Waals surface area contributed by atoms with Gasteiger partial charge in [-0.25, -0.2) is 0 Å². The molecule has 1 saturated heterocycles. The summed E-state index contributed by atoms with van der Waals surface area (Å²) in [6, 6.07) is 13.0. The van der Waals surface area contributed by atoms with Gasteiger partial charge in [-0.05, 0) is 31.0 Å². The second-order valence-corrected chi connectivity index (χ2v) is 7.27. The van der Waals surface area contributed by atoms with Gasteiger partial charge in [-0.15, -0.1) is 0 Å². The number of nitro groups is 1. The van der Waals surface area contributed by atoms with Gasteiger partial charge in [-0.1, -0.05) is 0 Å². The summed E-state index contributed by atoms with van der Waals surface area (Å²) < 4.78 is 10.7. The Morgan fingerprint density at radius 2 is 1.80 bits per heavy atom. The molecule has 8 heteroatoms. The number of piperidine rings is 1. The Hall–Kier alpha value is -3.55. The molecule has 0 radical (unpaired) electrons. The molecule has 1 fully saturated rings. The Morgan fingerprint density at radius 3 is 2.43 bits per heavy atom. The highest BCUT2D eigenvalue weighted by atomic mass is 16.6. The second kappa shape index (κ2) is 8.44. The number of hydrogen-bond acceptors (Lipinski definition) is 7. The fourth-order valence-corrected chi connectivity index (χ4v) is 3.95. The maximum atomic E-state index is 11.3. The maximum absolute atomic E-state index is 11.3. The van der Waals surface area contributed by atoms with Crippen LogP contribution in [0.25, 0.3) is 10.9 Å². The minimum atomic E-state index is -0.355. The summed E-state index contributed by atoms with van der Waals surface area (Å²) >= 11 is 0. The standard InChI is InChI=1S/C22H24N4O4/c1-29-17-12-16(13-18(14-17)30-2)24-15-7-10-25(11-8-15)21-6-5-20(26(27)28)19-4-3-9-23-22(19)21/h3-6,9,12-15,24H,7-8,10-11H2,1-2H3. The molecule has 1 aliphatic rings. The average Bonchev–Trinajstić information content (AvgIpc) is 2.78. The van der Waals surface area contributed by atoms with Crippen LogP contribution in [0.2, 0.25) is 0 Å². The first-order chi connectivity index (χ1) is 14.6. The molecule has 30 heavy (non-hydrogen) atoms. The summed E-state index contributed by atoms with van der Waals surface area (Å²) in [6.45, 7) is 1.67. The van der Waals surface area contributed by atoms with Gasteiger partial charge in [0.05, 0.1) is 30.2 Å². The van der Waals surface area contributed by atoms with Crippen LogP contribution >= 0.6 is 0 Å². The van der Waals surface area contributed by atoms with Gasteiger partial charge in [0.25, 0.3) is 5.69 Å². The number of methoxy groups -OCH3 is 2. The lowest BCUT2D eigenvalue weighted by molar-refractivity contribution is -0.383. The van der Waals surface area contributed by atoms with E-state index in [4.69, 9.17) is 9.47 Å². The summed E-state index contributed by atoms with van der Waals surface area (Å²) in [5.41, 5.74) is 2.67. The average molecular weight is 408 g/mol. The lowest BCUT2D eigenvalue weighted by Crippen LogP contribution is -2.39. The fraction of sp³-hybridized carbons (Fsp3) is 0.318. The molecular weight excluding hydrogens is 384 g/mol. The molecule has 1 aromatic heterocycles. The second-order valence-electron chi connectivity index (χ2n) is 7.27. The van der Waals surface area contributed by atoms with Crippen molar-refractivity contribution in [3.05, 3.63) is 58.8 Å². The van der Waals surface area contributed by atoms with Crippen molar-refractivity contribution in [2.75, 3.05) is 37.5 Å². The van der Waals surface area contributed by atoms with Crippen molar-refractivity contribution in [1.82, 2.24) is 4.98 Å². The summed E-state index contributed by atoms with van der Waals surface area (Å²) in [6.07, 6.45) is 3.55. The van der Waals surface area contributed by atoms with Crippen LogP contribution < -0.4 is 19.7 Å². The number of hydrogen-bond donors (Lipinski definition) is 1. The molecule has 1 N–H and O–H groups in total. The third-order valence-corrected chi connectivity index (χ3v) is 5.48. The predicted octanol–water partition coefficient (Wildman–Crippen LogP) is 4.24. The van der Waals surface area contributed by atoms with Crippen LogP contribution in [0.5, 0.6) is 11.5 Å². The van der Waals surface area contributed by atoms with Crippen LogP contribution in [0.15, 0.2) is 48.7 Å². The molecule has 0 bridgehead atoms. The van der Waals surface area contributed by atoms with E-state index in [2.05, 4.69) is 15.2 Å². The number of non-ortho nitro benzene ring substituents is 1. The zero-order chi connectivity index (χ0) is 21.1. The van der Waals surface area contributed by atoms with Gasteiger partial charge >= 0.3 is 0 Å². The van der Waals surface area contributed by atoms with Crippen LogP contribution in [0.1, 0.15) is 12.8 Å². The number of pyridine rings is 1. The molecule has 0 unspecified atom stereocenters. The first kappa shape index (κ1) is 19.8. The van der Waals surface area contributed by atoms with Gasteiger partial charge < -0.3 is 19.7 Å². The molecule has 156 valence electrons. The van der Waals surface area contributed by atoms with Crippen molar-refractivity contribution in [3.8, 4) is 11.5 Å². The van der Waals surface area contributed by atoms with Crippen molar-refractivity contribution in [2.24, 2.45) is 0 Å². The molecule has 0 spiro atoms. The van der Waals surface area contributed by atoms with Gasteiger partial charge in [0.2, 0.25) is 0 Å². The third-order valence-electron chi connectivity index (χ3n) is 5.48. The number of fused-ring (bicyclic) bond motifs is 1. The van der Waals surface area contributed by atoms with E-state index in [1.54, 1.807) is 38.6 Å². The van der Waals surface area contributed by atoms with Gasteiger partial charge in [0.15, 0.2) is 0 Å². The first-order valence-electron chi connectivity index (χ1n) is 9.85. The highest BCUT2D eigenvalue weighted by Gasteiger charge is 2.23. The van der Waals surface area contributed by atoms with Crippen molar-refractivity contribution >= 4 is 28.0 Å². The van der Waals surface area contributed by atoms with E-state index in [1.807, 2.05) is 24.3 Å². The zero-order valence-electron chi connectivity index (χ0n) is 17.0. The minimum Gasteiger partial charge on any atom is -0.497 e. The molecule has 2 heterocycles. The SMILES string of the molecule is COc1cc(NC2CCN(c3ccc([N+](=O)[O-])c4cccnc34)CC2)cc(OC)c1. The predicted molar refractivity (Wildman–Crippen MR) is 117 cm³/mol. The van der Waals surface area contributed by atoms with Gasteiger partial charge in [0.1, 0.15) is 17.0 Å². The van der Waals surface area contributed by atoms with Crippen LogP contribution in [-0.2, 0) is 0 Å². The normalized spacial score (nSPS) is 14.5. The van der Waals surface area contributed by atoms with E-state index in [0.29, 0.717) is 16.9 Å². The summed E-state index contributed by atoms with van der Waals surface area (Å²) in [4.78, 5) is 17.7. The van der Waals surface area contributed by atoms with E-state index in [0.717, 1.165) is 48.8 Å². The molecular formula is C22H24N4O4. The minimum absolute atomic E-state index is 0.0883. The lowest BCUT2D eigenvalue weighted by Gasteiger charge is -2.34. The van der Waals surface area contributed by atoms with Crippen LogP contribution in [0.4, 0.5) is 17.1 Å². The number of benzene rings is 2. The van der Waals surface area contributed by atoms with Gasteiger partial charge in [-0.3, -0.25) is 15.1 Å². The first-order valence-corrected chi connectivity index (χ1v) is 9.85. The van der Waals surface area contributed by atoms with Crippen molar-refractivity contribution in [2.45, 2.75) is 18.9 Å². The van der Waals surface area contributed by atoms with Crippen molar-refractivity contribution in [3.63, 3.8) is 0 Å². The Morgan fingerprint density at radius 1 is 1.10 bits per heavy atom. The quantitative estimate of drug-likeness (QED) is 0.482. The number of ether oxygens (including phenoxy) is 2. The molecule has 4 rings (SSSR count). The smallest absolute Gasteiger partial charge is 0.278 e. The number of nitrogens with one attached hydrogen (secondary N) is 1. The Balaban J connectivity index is 1.49. The van der Waals surface area contributed by atoms with Crippen molar-refractivity contribution in [1.29, 1.82) is 0 Å². The van der Waals surface area contributed by atoms with E-state index >= 15 is 0 Å². The van der Waals surface area contributed by atoms with E-state index in [-0.39, 0.29) is 10.6 Å². The Bertz CT molecular complexity index is 1040. The highest BCUT2D eigenvalue weighted by Crippen LogP contribution is 2.34. The fourth-order valence-electron chi connectivity index (χ4n) is 3.95.